The Bertz CT molecular complexity index is 865. The monoisotopic (exact) mass is 440 g/mol. The Balaban J connectivity index is 1.55. The number of ether oxygens (including phenoxy) is 1. The van der Waals surface area contributed by atoms with Gasteiger partial charge < -0.3 is 14.5 Å². The van der Waals surface area contributed by atoms with Gasteiger partial charge in [-0.25, -0.2) is 0 Å². The van der Waals surface area contributed by atoms with Gasteiger partial charge in [0, 0.05) is 36.8 Å². The zero-order chi connectivity index (χ0) is 20.3. The largest absolute Gasteiger partial charge is 0.481 e. The van der Waals surface area contributed by atoms with E-state index in [1.165, 1.54) is 0 Å². The van der Waals surface area contributed by atoms with Crippen molar-refractivity contribution in [2.24, 2.45) is 0 Å². The molecule has 28 heavy (non-hydrogen) atoms. The van der Waals surface area contributed by atoms with Crippen LogP contribution < -0.4 is 4.74 Å². The van der Waals surface area contributed by atoms with E-state index in [0.717, 1.165) is 0 Å². The van der Waals surface area contributed by atoms with Crippen LogP contribution >= 0.6 is 34.8 Å². The van der Waals surface area contributed by atoms with Crippen molar-refractivity contribution < 1.29 is 14.3 Å². The lowest BCUT2D eigenvalue weighted by molar-refractivity contribution is -0.139. The van der Waals surface area contributed by atoms with Gasteiger partial charge in [-0.05, 0) is 49.4 Å². The summed E-state index contributed by atoms with van der Waals surface area (Å²) in [6, 6.07) is 11.7. The van der Waals surface area contributed by atoms with Crippen LogP contribution in [0.3, 0.4) is 0 Å². The second kappa shape index (κ2) is 9.03. The molecule has 0 aliphatic carbocycles. The van der Waals surface area contributed by atoms with E-state index in [0.29, 0.717) is 52.6 Å². The number of halogens is 3. The number of piperazine rings is 1. The molecular formula is C20H19Cl3N2O3. The molecule has 5 nitrogen and oxygen atoms in total. The molecule has 0 N–H and O–H groups in total. The van der Waals surface area contributed by atoms with E-state index >= 15 is 0 Å². The highest BCUT2D eigenvalue weighted by Crippen LogP contribution is 2.24. The lowest BCUT2D eigenvalue weighted by Gasteiger charge is -2.36. The lowest BCUT2D eigenvalue weighted by Crippen LogP contribution is -2.53. The van der Waals surface area contributed by atoms with Crippen LogP contribution in [-0.4, -0.2) is 53.9 Å². The molecule has 0 saturated carbocycles. The van der Waals surface area contributed by atoms with E-state index < -0.39 is 6.10 Å². The predicted molar refractivity (Wildman–Crippen MR) is 110 cm³/mol. The Labute approximate surface area is 178 Å². The van der Waals surface area contributed by atoms with E-state index in [1.807, 2.05) is 0 Å². The molecule has 1 atom stereocenters. The van der Waals surface area contributed by atoms with Gasteiger partial charge in [-0.15, -0.1) is 0 Å². The number of carbonyl (C=O) groups is 2. The number of benzene rings is 2. The Morgan fingerprint density at radius 3 is 2.11 bits per heavy atom. The highest BCUT2D eigenvalue weighted by Gasteiger charge is 2.28. The van der Waals surface area contributed by atoms with Gasteiger partial charge in [0.05, 0.1) is 10.0 Å². The van der Waals surface area contributed by atoms with E-state index in [1.54, 1.807) is 59.2 Å². The van der Waals surface area contributed by atoms with Crippen LogP contribution in [0.5, 0.6) is 5.75 Å². The van der Waals surface area contributed by atoms with Crippen LogP contribution in [0.4, 0.5) is 0 Å². The molecular weight excluding hydrogens is 423 g/mol. The maximum Gasteiger partial charge on any atom is 0.263 e. The zero-order valence-electron chi connectivity index (χ0n) is 15.2. The van der Waals surface area contributed by atoms with Crippen molar-refractivity contribution in [3.8, 4) is 5.75 Å². The molecule has 0 aromatic heterocycles. The summed E-state index contributed by atoms with van der Waals surface area (Å²) < 4.78 is 5.69. The zero-order valence-corrected chi connectivity index (χ0v) is 17.5. The fourth-order valence-electron chi connectivity index (χ4n) is 2.97. The van der Waals surface area contributed by atoms with Gasteiger partial charge in [-0.3, -0.25) is 9.59 Å². The van der Waals surface area contributed by atoms with Crippen LogP contribution in [0.2, 0.25) is 15.1 Å². The Morgan fingerprint density at radius 1 is 0.893 bits per heavy atom. The molecule has 2 aromatic rings. The average molecular weight is 442 g/mol. The van der Waals surface area contributed by atoms with E-state index in [4.69, 9.17) is 39.5 Å². The second-order valence-electron chi connectivity index (χ2n) is 6.46. The first-order chi connectivity index (χ1) is 13.3. The van der Waals surface area contributed by atoms with Gasteiger partial charge in [0.1, 0.15) is 5.75 Å². The molecule has 1 fully saturated rings. The Morgan fingerprint density at radius 2 is 1.50 bits per heavy atom. The maximum absolute atomic E-state index is 12.6. The van der Waals surface area contributed by atoms with Crippen molar-refractivity contribution in [2.45, 2.75) is 13.0 Å². The maximum atomic E-state index is 12.6. The molecule has 1 aliphatic rings. The Hall–Kier alpha value is -1.95. The van der Waals surface area contributed by atoms with Crippen molar-refractivity contribution in [1.82, 2.24) is 9.80 Å². The number of carbonyl (C=O) groups excluding carboxylic acids is 2. The highest BCUT2D eigenvalue weighted by atomic mass is 35.5. The van der Waals surface area contributed by atoms with Gasteiger partial charge >= 0.3 is 0 Å². The third-order valence-corrected chi connectivity index (χ3v) is 5.51. The molecule has 8 heteroatoms. The van der Waals surface area contributed by atoms with Gasteiger partial charge in [0.15, 0.2) is 6.10 Å². The summed E-state index contributed by atoms with van der Waals surface area (Å²) in [5.41, 5.74) is 0.480. The molecule has 3 rings (SSSR count). The molecule has 1 saturated heterocycles. The summed E-state index contributed by atoms with van der Waals surface area (Å²) in [5, 5.41) is 1.35. The summed E-state index contributed by atoms with van der Waals surface area (Å²) >= 11 is 17.8. The third-order valence-electron chi connectivity index (χ3n) is 4.52. The van der Waals surface area contributed by atoms with Crippen LogP contribution in [0.15, 0.2) is 42.5 Å². The van der Waals surface area contributed by atoms with Crippen molar-refractivity contribution in [1.29, 1.82) is 0 Å². The lowest BCUT2D eigenvalue weighted by atomic mass is 10.1. The van der Waals surface area contributed by atoms with Gasteiger partial charge in [0.2, 0.25) is 0 Å². The minimum atomic E-state index is -0.626. The normalized spacial score (nSPS) is 15.3. The van der Waals surface area contributed by atoms with Crippen LogP contribution in [0.1, 0.15) is 17.3 Å². The molecule has 148 valence electrons. The molecule has 1 heterocycles. The number of nitrogens with zero attached hydrogens (tertiary/aromatic N) is 2. The van der Waals surface area contributed by atoms with Crippen molar-refractivity contribution in [2.75, 3.05) is 26.2 Å². The average Bonchev–Trinajstić information content (AvgIpc) is 2.70. The predicted octanol–water partition coefficient (Wildman–Crippen LogP) is 4.40. The first kappa shape index (κ1) is 20.8. The summed E-state index contributed by atoms with van der Waals surface area (Å²) in [7, 11) is 0. The van der Waals surface area contributed by atoms with Crippen molar-refractivity contribution in [3.05, 3.63) is 63.1 Å². The molecule has 0 bridgehead atoms. The van der Waals surface area contributed by atoms with Crippen LogP contribution in [0, 0.1) is 0 Å². The first-order valence-electron chi connectivity index (χ1n) is 8.80. The Kier molecular flexibility index (Phi) is 6.70. The summed E-state index contributed by atoms with van der Waals surface area (Å²) in [6.07, 6.45) is -0.626. The molecule has 2 aromatic carbocycles. The highest BCUT2D eigenvalue weighted by molar-refractivity contribution is 6.42. The van der Waals surface area contributed by atoms with Crippen molar-refractivity contribution >= 4 is 46.6 Å². The SMILES string of the molecule is CC(Oc1ccc(Cl)cc1)C(=O)N1CCN(C(=O)c2ccc(Cl)c(Cl)c2)CC1. The second-order valence-corrected chi connectivity index (χ2v) is 7.71. The van der Waals surface area contributed by atoms with E-state index in [-0.39, 0.29) is 11.8 Å². The van der Waals surface area contributed by atoms with E-state index in [2.05, 4.69) is 0 Å². The van der Waals surface area contributed by atoms with E-state index in [9.17, 15) is 9.59 Å². The summed E-state index contributed by atoms with van der Waals surface area (Å²) in [5.74, 6) is 0.339. The topological polar surface area (TPSA) is 49.9 Å². The minimum absolute atomic E-state index is 0.114. The molecule has 1 unspecified atom stereocenters. The van der Waals surface area contributed by atoms with Gasteiger partial charge in [-0.1, -0.05) is 34.8 Å². The third kappa shape index (κ3) is 4.90. The summed E-state index contributed by atoms with van der Waals surface area (Å²) in [4.78, 5) is 28.7. The van der Waals surface area contributed by atoms with Gasteiger partial charge in [-0.2, -0.15) is 0 Å². The smallest absolute Gasteiger partial charge is 0.263 e. The standard InChI is InChI=1S/C20H19Cl3N2O3/c1-13(28-16-5-3-15(21)4-6-16)19(26)24-8-10-25(11-9-24)20(27)14-2-7-17(22)18(23)12-14/h2-7,12-13H,8-11H2,1H3. The number of amides is 2. The number of hydrogen-bond donors (Lipinski definition) is 0. The first-order valence-corrected chi connectivity index (χ1v) is 9.94. The fraction of sp³-hybridized carbons (Fsp3) is 0.300. The summed E-state index contributed by atoms with van der Waals surface area (Å²) in [6.45, 7) is 3.49. The van der Waals surface area contributed by atoms with Crippen LogP contribution in [-0.2, 0) is 4.79 Å². The van der Waals surface area contributed by atoms with Crippen LogP contribution in [0.25, 0.3) is 0 Å². The molecule has 0 radical (unpaired) electrons. The fourth-order valence-corrected chi connectivity index (χ4v) is 3.39. The number of rotatable bonds is 4. The van der Waals surface area contributed by atoms with Crippen molar-refractivity contribution in [3.63, 3.8) is 0 Å². The van der Waals surface area contributed by atoms with Gasteiger partial charge in [0.25, 0.3) is 11.8 Å². The molecule has 1 aliphatic heterocycles. The minimum Gasteiger partial charge on any atom is -0.481 e. The quantitative estimate of drug-likeness (QED) is 0.707. The number of hydrogen-bond acceptors (Lipinski definition) is 3. The molecule has 0 spiro atoms. The molecule has 2 amide bonds.